The van der Waals surface area contributed by atoms with Crippen molar-refractivity contribution in [2.45, 2.75) is 51.6 Å². The van der Waals surface area contributed by atoms with E-state index >= 15 is 0 Å². The highest BCUT2D eigenvalue weighted by molar-refractivity contribution is 7.15. The third kappa shape index (κ3) is 4.19. The predicted octanol–water partition coefficient (Wildman–Crippen LogP) is 6.58. The zero-order valence-corrected chi connectivity index (χ0v) is 21.0. The Morgan fingerprint density at radius 3 is 2.71 bits per heavy atom. The molecule has 0 spiro atoms. The summed E-state index contributed by atoms with van der Waals surface area (Å²) in [5.74, 6) is 0. The van der Waals surface area contributed by atoms with Gasteiger partial charge in [-0.1, -0.05) is 60.2 Å². The van der Waals surface area contributed by atoms with Crippen LogP contribution in [-0.2, 0) is 25.8 Å². The van der Waals surface area contributed by atoms with E-state index in [0.717, 1.165) is 30.5 Å². The number of amides is 2. The van der Waals surface area contributed by atoms with Crippen molar-refractivity contribution in [2.75, 3.05) is 6.54 Å². The molecule has 2 aromatic heterocycles. The number of fused-ring (bicyclic) bond motifs is 5. The molecule has 0 radical (unpaired) electrons. The van der Waals surface area contributed by atoms with Crippen molar-refractivity contribution >= 4 is 17.4 Å². The molecule has 0 fully saturated rings. The Labute approximate surface area is 211 Å². The molecule has 3 heterocycles. The fourth-order valence-corrected chi connectivity index (χ4v) is 7.04. The van der Waals surface area contributed by atoms with Gasteiger partial charge in [-0.15, -0.1) is 11.3 Å². The number of aryl methyl sites for hydroxylation is 2. The number of benzene rings is 2. The van der Waals surface area contributed by atoms with Crippen molar-refractivity contribution in [3.05, 3.63) is 111 Å². The number of carbonyl (C=O) groups excluding carboxylic acids is 1. The Hall–Kier alpha value is -3.31. The average molecular weight is 482 g/mol. The molecule has 4 nitrogen and oxygen atoms in total. The second-order valence-corrected chi connectivity index (χ2v) is 10.8. The number of nitrogens with one attached hydrogen (secondary N) is 1. The third-order valence-electron chi connectivity index (χ3n) is 7.33. The van der Waals surface area contributed by atoms with Crippen LogP contribution in [0.3, 0.4) is 0 Å². The summed E-state index contributed by atoms with van der Waals surface area (Å²) in [6.45, 7) is 3.38. The minimum absolute atomic E-state index is 0.00352. The van der Waals surface area contributed by atoms with Crippen molar-refractivity contribution in [3.63, 3.8) is 0 Å². The van der Waals surface area contributed by atoms with E-state index in [1.54, 1.807) is 0 Å². The van der Waals surface area contributed by atoms with E-state index in [2.05, 4.69) is 88.6 Å². The van der Waals surface area contributed by atoms with Gasteiger partial charge in [0.2, 0.25) is 0 Å². The van der Waals surface area contributed by atoms with Crippen LogP contribution >= 0.6 is 11.3 Å². The SMILES string of the molecule is Cc1cccc([C@@H]2c3cccn3-c3sc4c(c3CN2C(=O)NCCc2ccccc2)CCCC4)c1. The zero-order chi connectivity index (χ0) is 23.8. The molecule has 6 rings (SSSR count). The van der Waals surface area contributed by atoms with E-state index < -0.39 is 0 Å². The van der Waals surface area contributed by atoms with Crippen LogP contribution in [0.25, 0.3) is 5.00 Å². The van der Waals surface area contributed by atoms with Gasteiger partial charge in [-0.3, -0.25) is 0 Å². The fraction of sp³-hybridized carbons (Fsp3) is 0.300. The van der Waals surface area contributed by atoms with Crippen LogP contribution in [0, 0.1) is 6.92 Å². The molecule has 2 amide bonds. The first kappa shape index (κ1) is 22.2. The first-order valence-corrected chi connectivity index (χ1v) is 13.5. The van der Waals surface area contributed by atoms with Crippen LogP contribution in [0.15, 0.2) is 72.9 Å². The van der Waals surface area contributed by atoms with Crippen molar-refractivity contribution in [1.82, 2.24) is 14.8 Å². The number of aromatic nitrogens is 1. The molecule has 0 saturated carbocycles. The first-order valence-electron chi connectivity index (χ1n) is 12.6. The molecule has 1 N–H and O–H groups in total. The van der Waals surface area contributed by atoms with Gasteiger partial charge in [-0.2, -0.15) is 0 Å². The van der Waals surface area contributed by atoms with E-state index in [-0.39, 0.29) is 12.1 Å². The van der Waals surface area contributed by atoms with Gasteiger partial charge in [-0.05, 0) is 67.9 Å². The molecule has 0 unspecified atom stereocenters. The first-order chi connectivity index (χ1) is 17.2. The summed E-state index contributed by atoms with van der Waals surface area (Å²) in [5, 5.41) is 4.55. The van der Waals surface area contributed by atoms with Gasteiger partial charge in [0.05, 0.1) is 18.3 Å². The molecule has 5 heteroatoms. The summed E-state index contributed by atoms with van der Waals surface area (Å²) in [6.07, 6.45) is 7.78. The van der Waals surface area contributed by atoms with Crippen LogP contribution in [0.5, 0.6) is 0 Å². The van der Waals surface area contributed by atoms with Crippen LogP contribution in [-0.4, -0.2) is 22.0 Å². The van der Waals surface area contributed by atoms with Crippen molar-refractivity contribution in [3.8, 4) is 5.00 Å². The lowest BCUT2D eigenvalue weighted by Crippen LogP contribution is -2.42. The second kappa shape index (κ2) is 9.38. The van der Waals surface area contributed by atoms with Gasteiger partial charge < -0.3 is 14.8 Å². The molecule has 35 heavy (non-hydrogen) atoms. The van der Waals surface area contributed by atoms with Crippen molar-refractivity contribution < 1.29 is 4.79 Å². The minimum Gasteiger partial charge on any atom is -0.338 e. The van der Waals surface area contributed by atoms with Gasteiger partial charge in [0.15, 0.2) is 0 Å². The van der Waals surface area contributed by atoms with E-state index in [4.69, 9.17) is 0 Å². The lowest BCUT2D eigenvalue weighted by atomic mass is 9.95. The fourth-order valence-electron chi connectivity index (χ4n) is 5.64. The molecular formula is C30H31N3OS. The van der Waals surface area contributed by atoms with Crippen molar-refractivity contribution in [1.29, 1.82) is 0 Å². The van der Waals surface area contributed by atoms with Gasteiger partial charge in [0, 0.05) is 23.2 Å². The molecule has 1 atom stereocenters. The summed E-state index contributed by atoms with van der Waals surface area (Å²) < 4.78 is 2.35. The summed E-state index contributed by atoms with van der Waals surface area (Å²) in [6, 6.07) is 23.1. The van der Waals surface area contributed by atoms with E-state index in [1.807, 2.05) is 17.4 Å². The quantitative estimate of drug-likeness (QED) is 0.351. The second-order valence-electron chi connectivity index (χ2n) is 9.71. The highest BCUT2D eigenvalue weighted by atomic mass is 32.1. The van der Waals surface area contributed by atoms with Crippen LogP contribution < -0.4 is 5.32 Å². The maximum Gasteiger partial charge on any atom is 0.318 e. The number of urea groups is 1. The van der Waals surface area contributed by atoms with Crippen LogP contribution in [0.1, 0.15) is 57.3 Å². The van der Waals surface area contributed by atoms with Gasteiger partial charge in [0.1, 0.15) is 5.00 Å². The maximum atomic E-state index is 13.9. The van der Waals surface area contributed by atoms with Crippen LogP contribution in [0.2, 0.25) is 0 Å². The highest BCUT2D eigenvalue weighted by Crippen LogP contribution is 2.44. The number of rotatable bonds is 4. The monoisotopic (exact) mass is 481 g/mol. The number of thiophene rings is 1. The van der Waals surface area contributed by atoms with E-state index in [1.165, 1.54) is 45.0 Å². The van der Waals surface area contributed by atoms with Gasteiger partial charge in [0.25, 0.3) is 0 Å². The Morgan fingerprint density at radius 2 is 1.86 bits per heavy atom. The summed E-state index contributed by atoms with van der Waals surface area (Å²) >= 11 is 1.93. The summed E-state index contributed by atoms with van der Waals surface area (Å²) in [7, 11) is 0. The molecule has 0 saturated heterocycles. The molecule has 178 valence electrons. The molecule has 2 aliphatic rings. The highest BCUT2D eigenvalue weighted by Gasteiger charge is 2.35. The molecule has 1 aliphatic carbocycles. The average Bonchev–Trinajstić information content (AvgIpc) is 3.46. The largest absolute Gasteiger partial charge is 0.338 e. The van der Waals surface area contributed by atoms with E-state index in [0.29, 0.717) is 13.1 Å². The Kier molecular flexibility index (Phi) is 5.95. The topological polar surface area (TPSA) is 37.3 Å². The molecule has 0 bridgehead atoms. The Balaban J connectivity index is 1.39. The molecule has 4 aromatic rings. The number of hydrogen-bond donors (Lipinski definition) is 1. The Morgan fingerprint density at radius 1 is 1.00 bits per heavy atom. The standard InChI is InChI=1S/C30H31N3OS/c1-21-9-7-12-23(19-21)28-26-14-8-18-32(26)29-25(24-13-5-6-15-27(24)35-29)20-33(28)30(34)31-17-16-22-10-3-2-4-11-22/h2-4,7-12,14,18-19,28H,5-6,13,15-17,20H2,1H3,(H,31,34)/t28-/m1/s1. The van der Waals surface area contributed by atoms with Gasteiger partial charge in [-0.25, -0.2) is 4.79 Å². The minimum atomic E-state index is -0.138. The molecule has 2 aromatic carbocycles. The normalized spacial score (nSPS) is 16.7. The lowest BCUT2D eigenvalue weighted by molar-refractivity contribution is 0.180. The lowest BCUT2D eigenvalue weighted by Gasteiger charge is -2.31. The summed E-state index contributed by atoms with van der Waals surface area (Å²) in [5.41, 5.74) is 7.60. The third-order valence-corrected chi connectivity index (χ3v) is 8.66. The summed E-state index contributed by atoms with van der Waals surface area (Å²) in [4.78, 5) is 17.4. The maximum absolute atomic E-state index is 13.9. The Bertz CT molecular complexity index is 1350. The number of hydrogen-bond acceptors (Lipinski definition) is 2. The molecular weight excluding hydrogens is 450 g/mol. The number of carbonyl (C=O) groups is 1. The van der Waals surface area contributed by atoms with Crippen molar-refractivity contribution in [2.24, 2.45) is 0 Å². The molecule has 1 aliphatic heterocycles. The number of nitrogens with zero attached hydrogens (tertiary/aromatic N) is 2. The van der Waals surface area contributed by atoms with E-state index in [9.17, 15) is 4.79 Å². The van der Waals surface area contributed by atoms with Gasteiger partial charge >= 0.3 is 6.03 Å². The zero-order valence-electron chi connectivity index (χ0n) is 20.2. The van der Waals surface area contributed by atoms with Crippen LogP contribution in [0.4, 0.5) is 4.79 Å². The predicted molar refractivity (Wildman–Crippen MR) is 142 cm³/mol. The smallest absolute Gasteiger partial charge is 0.318 e.